The van der Waals surface area contributed by atoms with E-state index in [2.05, 4.69) is 10.3 Å². The number of amides is 1. The number of carbonyl (C=O) groups excluding carboxylic acids is 2. The smallest absolute Gasteiger partial charge is 0.434 e. The van der Waals surface area contributed by atoms with Gasteiger partial charge in [0.2, 0.25) is 5.60 Å². The molecule has 2 aliphatic rings. The number of carbonyl (C=O) groups is 2. The van der Waals surface area contributed by atoms with Gasteiger partial charge in [-0.15, -0.1) is 0 Å². The van der Waals surface area contributed by atoms with Crippen LogP contribution in [0, 0.1) is 18.8 Å². The van der Waals surface area contributed by atoms with E-state index < -0.39 is 36.7 Å². The molecule has 5 rings (SSSR count). The molecule has 0 fully saturated rings. The molecular weight excluding hydrogens is 557 g/mol. The normalized spacial score (nSPS) is 19.8. The third kappa shape index (κ3) is 6.60. The SMILES string of the molecule is Cc1ncccc1NC(=O)c1ccc2c(c1)CCC1=C2C(Cc2ccccc2)CC(OC(=O)OCC(C)C)(C(F)(F)F)C1. The Morgan fingerprint density at radius 2 is 1.84 bits per heavy atom. The summed E-state index contributed by atoms with van der Waals surface area (Å²) < 4.78 is 54.9. The zero-order valence-electron chi connectivity index (χ0n) is 24.5. The van der Waals surface area contributed by atoms with Gasteiger partial charge in [-0.1, -0.05) is 55.8 Å². The van der Waals surface area contributed by atoms with Gasteiger partial charge in [0, 0.05) is 24.6 Å². The summed E-state index contributed by atoms with van der Waals surface area (Å²) in [5, 5.41) is 2.90. The average Bonchev–Trinajstić information content (AvgIpc) is 2.96. The maximum atomic E-state index is 14.9. The summed E-state index contributed by atoms with van der Waals surface area (Å²) in [6.07, 6.45) is -4.16. The molecule has 0 spiro atoms. The first kappa shape index (κ1) is 30.3. The molecule has 0 saturated heterocycles. The first-order chi connectivity index (χ1) is 20.5. The Morgan fingerprint density at radius 3 is 2.53 bits per heavy atom. The number of alkyl halides is 3. The van der Waals surface area contributed by atoms with Crippen LogP contribution in [-0.4, -0.2) is 35.4 Å². The number of anilines is 1. The number of hydrogen-bond donors (Lipinski definition) is 1. The first-order valence-corrected chi connectivity index (χ1v) is 14.5. The second-order valence-corrected chi connectivity index (χ2v) is 11.8. The molecule has 0 aliphatic heterocycles. The van der Waals surface area contributed by atoms with Gasteiger partial charge in [-0.2, -0.15) is 13.2 Å². The fourth-order valence-electron chi connectivity index (χ4n) is 6.08. The van der Waals surface area contributed by atoms with E-state index in [1.807, 2.05) is 42.5 Å². The highest BCUT2D eigenvalue weighted by Crippen LogP contribution is 2.54. The fraction of sp³-hybridized carbons (Fsp3) is 0.382. The van der Waals surface area contributed by atoms with Crippen LogP contribution in [-0.2, 0) is 22.3 Å². The van der Waals surface area contributed by atoms with Crippen molar-refractivity contribution in [3.05, 3.63) is 100 Å². The molecule has 2 aromatic carbocycles. The van der Waals surface area contributed by atoms with Gasteiger partial charge in [-0.05, 0) is 84.6 Å². The fourth-order valence-corrected chi connectivity index (χ4v) is 6.08. The van der Waals surface area contributed by atoms with Crippen molar-refractivity contribution < 1.29 is 32.2 Å². The van der Waals surface area contributed by atoms with Crippen molar-refractivity contribution in [1.82, 2.24) is 4.98 Å². The molecule has 2 aliphatic carbocycles. The molecule has 226 valence electrons. The maximum Gasteiger partial charge on any atom is 0.509 e. The van der Waals surface area contributed by atoms with Gasteiger partial charge in [0.1, 0.15) is 0 Å². The van der Waals surface area contributed by atoms with Crippen LogP contribution < -0.4 is 5.32 Å². The van der Waals surface area contributed by atoms with Gasteiger partial charge in [0.25, 0.3) is 5.91 Å². The quantitative estimate of drug-likeness (QED) is 0.281. The van der Waals surface area contributed by atoms with Gasteiger partial charge in [-0.3, -0.25) is 9.78 Å². The minimum Gasteiger partial charge on any atom is -0.434 e. The molecule has 1 amide bonds. The minimum absolute atomic E-state index is 0.0300. The number of fused-ring (bicyclic) bond motifs is 2. The van der Waals surface area contributed by atoms with Crippen LogP contribution in [0.4, 0.5) is 23.7 Å². The van der Waals surface area contributed by atoms with Crippen LogP contribution in [0.2, 0.25) is 0 Å². The number of aromatic nitrogens is 1. The van der Waals surface area contributed by atoms with Crippen LogP contribution in [0.3, 0.4) is 0 Å². The highest BCUT2D eigenvalue weighted by atomic mass is 19.4. The van der Waals surface area contributed by atoms with Crippen molar-refractivity contribution in [2.45, 2.75) is 64.7 Å². The lowest BCUT2D eigenvalue weighted by atomic mass is 9.66. The molecule has 1 aromatic heterocycles. The molecule has 1 heterocycles. The Kier molecular flexibility index (Phi) is 8.62. The second-order valence-electron chi connectivity index (χ2n) is 11.8. The van der Waals surface area contributed by atoms with Gasteiger partial charge in [0.05, 0.1) is 18.0 Å². The molecule has 0 saturated carbocycles. The van der Waals surface area contributed by atoms with Gasteiger partial charge < -0.3 is 14.8 Å². The Bertz CT molecular complexity index is 1530. The molecule has 3 aromatic rings. The summed E-state index contributed by atoms with van der Waals surface area (Å²) in [5.41, 5.74) is 3.17. The average molecular weight is 593 g/mol. The topological polar surface area (TPSA) is 77.5 Å². The number of halogens is 3. The lowest BCUT2D eigenvalue weighted by Gasteiger charge is -2.45. The second kappa shape index (κ2) is 12.2. The summed E-state index contributed by atoms with van der Waals surface area (Å²) in [4.78, 5) is 29.8. The summed E-state index contributed by atoms with van der Waals surface area (Å²) in [7, 11) is 0. The van der Waals surface area contributed by atoms with E-state index in [0.717, 1.165) is 22.3 Å². The summed E-state index contributed by atoms with van der Waals surface area (Å²) in [6, 6.07) is 18.2. The molecule has 9 heteroatoms. The number of aryl methyl sites for hydroxylation is 2. The Balaban J connectivity index is 1.51. The number of nitrogens with one attached hydrogen (secondary N) is 1. The van der Waals surface area contributed by atoms with E-state index in [1.165, 1.54) is 0 Å². The number of hydrogen-bond acceptors (Lipinski definition) is 5. The maximum absolute atomic E-state index is 14.9. The van der Waals surface area contributed by atoms with E-state index in [-0.39, 0.29) is 18.4 Å². The zero-order valence-corrected chi connectivity index (χ0v) is 24.5. The van der Waals surface area contributed by atoms with E-state index in [1.54, 1.807) is 45.2 Å². The monoisotopic (exact) mass is 592 g/mol. The lowest BCUT2D eigenvalue weighted by Crippen LogP contribution is -2.53. The van der Waals surface area contributed by atoms with E-state index in [4.69, 9.17) is 9.47 Å². The molecule has 43 heavy (non-hydrogen) atoms. The third-order valence-electron chi connectivity index (χ3n) is 8.13. The lowest BCUT2D eigenvalue weighted by molar-refractivity contribution is -0.269. The van der Waals surface area contributed by atoms with Crippen LogP contribution in [0.1, 0.15) is 65.9 Å². The van der Waals surface area contributed by atoms with E-state index in [9.17, 15) is 22.8 Å². The number of ether oxygens (including phenoxy) is 2. The van der Waals surface area contributed by atoms with Crippen LogP contribution in [0.25, 0.3) is 5.57 Å². The van der Waals surface area contributed by atoms with Crippen LogP contribution in [0.15, 0.2) is 72.4 Å². The number of nitrogens with zero attached hydrogens (tertiary/aromatic N) is 1. The van der Waals surface area contributed by atoms with Crippen LogP contribution >= 0.6 is 0 Å². The van der Waals surface area contributed by atoms with Crippen molar-refractivity contribution in [3.63, 3.8) is 0 Å². The highest BCUT2D eigenvalue weighted by Gasteiger charge is 2.62. The number of benzene rings is 2. The van der Waals surface area contributed by atoms with Gasteiger partial charge >= 0.3 is 12.3 Å². The van der Waals surface area contributed by atoms with Gasteiger partial charge in [-0.25, -0.2) is 4.79 Å². The van der Waals surface area contributed by atoms with Crippen molar-refractivity contribution in [2.75, 3.05) is 11.9 Å². The number of rotatable bonds is 7. The molecule has 0 radical (unpaired) electrons. The zero-order chi connectivity index (χ0) is 30.8. The van der Waals surface area contributed by atoms with Crippen LogP contribution in [0.5, 0.6) is 0 Å². The van der Waals surface area contributed by atoms with Crippen molar-refractivity contribution in [3.8, 4) is 0 Å². The molecule has 2 unspecified atom stereocenters. The molecule has 6 nitrogen and oxygen atoms in total. The van der Waals surface area contributed by atoms with E-state index >= 15 is 0 Å². The summed E-state index contributed by atoms with van der Waals surface area (Å²) in [6.45, 7) is 5.38. The standard InChI is InChI=1S/C34H35F3N2O4/c1-21(2)20-42-32(41)43-33(34(35,36)37)18-26-12-11-24-17-25(31(40)39-29-10-7-15-38-22(29)3)13-14-28(24)30(26)27(19-33)16-23-8-5-4-6-9-23/h4-10,13-15,17,21,27H,11-12,16,18-20H2,1-3H3,(H,39,40). The number of allylic oxidation sites excluding steroid dienone is 1. The summed E-state index contributed by atoms with van der Waals surface area (Å²) in [5.74, 6) is -0.911. The minimum atomic E-state index is -4.80. The Labute approximate surface area is 249 Å². The molecule has 1 N–H and O–H groups in total. The van der Waals surface area contributed by atoms with E-state index in [0.29, 0.717) is 41.8 Å². The van der Waals surface area contributed by atoms with Gasteiger partial charge in [0.15, 0.2) is 0 Å². The molecule has 2 atom stereocenters. The number of pyridine rings is 1. The van der Waals surface area contributed by atoms with Crippen molar-refractivity contribution >= 4 is 23.3 Å². The predicted octanol–water partition coefficient (Wildman–Crippen LogP) is 8.11. The molecular formula is C34H35F3N2O4. The third-order valence-corrected chi connectivity index (χ3v) is 8.13. The first-order valence-electron chi connectivity index (χ1n) is 14.5. The summed E-state index contributed by atoms with van der Waals surface area (Å²) >= 11 is 0. The molecule has 0 bridgehead atoms. The Morgan fingerprint density at radius 1 is 1.07 bits per heavy atom. The van der Waals surface area contributed by atoms with Crippen molar-refractivity contribution in [2.24, 2.45) is 11.8 Å². The largest absolute Gasteiger partial charge is 0.509 e. The predicted molar refractivity (Wildman–Crippen MR) is 158 cm³/mol. The Hall–Kier alpha value is -4.14. The highest BCUT2D eigenvalue weighted by molar-refractivity contribution is 6.05. The van der Waals surface area contributed by atoms with Crippen molar-refractivity contribution in [1.29, 1.82) is 0 Å².